The van der Waals surface area contributed by atoms with Crippen LogP contribution in [0.2, 0.25) is 0 Å². The Kier molecular flexibility index (Phi) is 8.26. The number of aromatic nitrogens is 1. The number of likely N-dealkylation sites (tertiary alicyclic amines) is 1. The number of hydrogen-bond acceptors (Lipinski definition) is 5. The molecule has 0 radical (unpaired) electrons. The Morgan fingerprint density at radius 1 is 1.11 bits per heavy atom. The first-order valence-electron chi connectivity index (χ1n) is 11.7. The zero-order chi connectivity index (χ0) is 24.6. The number of halogens is 2. The van der Waals surface area contributed by atoms with Crippen molar-refractivity contribution in [2.24, 2.45) is 5.92 Å². The van der Waals surface area contributed by atoms with Crippen LogP contribution in [0.1, 0.15) is 30.1 Å². The van der Waals surface area contributed by atoms with Crippen molar-refractivity contribution in [1.82, 2.24) is 15.2 Å². The number of nitrogens with one attached hydrogen (secondary N) is 1. The summed E-state index contributed by atoms with van der Waals surface area (Å²) in [5.41, 5.74) is 1.66. The molecule has 2 heterocycles. The summed E-state index contributed by atoms with van der Waals surface area (Å²) in [6.07, 6.45) is 3.12. The molecule has 1 atom stereocenters. The van der Waals surface area contributed by atoms with E-state index in [1.54, 1.807) is 13.3 Å². The molecule has 1 aromatic heterocycles. The molecule has 6 nitrogen and oxygen atoms in total. The second-order valence-electron chi connectivity index (χ2n) is 8.51. The molecule has 35 heavy (non-hydrogen) atoms. The minimum absolute atomic E-state index is 0.0128. The largest absolute Gasteiger partial charge is 0.497 e. The van der Waals surface area contributed by atoms with Gasteiger partial charge in [-0.2, -0.15) is 0 Å². The highest BCUT2D eigenvalue weighted by Gasteiger charge is 2.28. The van der Waals surface area contributed by atoms with Crippen LogP contribution in [0.4, 0.5) is 8.78 Å². The van der Waals surface area contributed by atoms with E-state index in [1.807, 2.05) is 42.5 Å². The summed E-state index contributed by atoms with van der Waals surface area (Å²) < 4.78 is 37.8. The van der Waals surface area contributed by atoms with Crippen molar-refractivity contribution in [3.8, 4) is 11.5 Å². The van der Waals surface area contributed by atoms with Crippen LogP contribution in [-0.2, 0) is 4.79 Å². The molecule has 0 saturated carbocycles. The highest BCUT2D eigenvalue weighted by Crippen LogP contribution is 2.26. The van der Waals surface area contributed by atoms with Gasteiger partial charge in [-0.05, 0) is 67.9 Å². The standard InChI is InChI=1S/C27H29F2N3O3/c1-34-22-6-4-5-20(17-22)26(24-7-2-3-12-30-24)31-27(33)19-10-13-32(14-11-19)15-16-35-25-18-21(28)8-9-23(25)29/h2-9,12,17-19,26H,10-11,13-16H2,1H3,(H,31,33)/t26-/m0/s1. The maximum atomic E-state index is 13.7. The summed E-state index contributed by atoms with van der Waals surface area (Å²) in [6, 6.07) is 16.0. The van der Waals surface area contributed by atoms with Crippen LogP contribution in [0.25, 0.3) is 0 Å². The number of pyridine rings is 1. The topological polar surface area (TPSA) is 63.7 Å². The van der Waals surface area contributed by atoms with E-state index in [2.05, 4.69) is 15.2 Å². The number of ether oxygens (including phenoxy) is 2. The third-order valence-corrected chi connectivity index (χ3v) is 6.21. The molecule has 0 aliphatic carbocycles. The lowest BCUT2D eigenvalue weighted by atomic mass is 9.94. The Morgan fingerprint density at radius 2 is 1.94 bits per heavy atom. The first kappa shape index (κ1) is 24.6. The summed E-state index contributed by atoms with van der Waals surface area (Å²) in [4.78, 5) is 19.8. The Labute approximate surface area is 203 Å². The van der Waals surface area contributed by atoms with Gasteiger partial charge in [0.15, 0.2) is 11.6 Å². The van der Waals surface area contributed by atoms with E-state index in [4.69, 9.17) is 9.47 Å². The molecule has 1 amide bonds. The molecule has 0 unspecified atom stereocenters. The monoisotopic (exact) mass is 481 g/mol. The molecule has 0 spiro atoms. The van der Waals surface area contributed by atoms with Crippen molar-refractivity contribution in [2.45, 2.75) is 18.9 Å². The average molecular weight is 482 g/mol. The number of carbonyl (C=O) groups is 1. The summed E-state index contributed by atoms with van der Waals surface area (Å²) in [5, 5.41) is 3.18. The van der Waals surface area contributed by atoms with E-state index in [9.17, 15) is 13.6 Å². The van der Waals surface area contributed by atoms with Crippen LogP contribution in [0.5, 0.6) is 11.5 Å². The first-order valence-corrected chi connectivity index (χ1v) is 11.7. The summed E-state index contributed by atoms with van der Waals surface area (Å²) in [7, 11) is 1.61. The number of carbonyl (C=O) groups excluding carboxylic acids is 1. The van der Waals surface area contributed by atoms with Gasteiger partial charge in [0.1, 0.15) is 18.2 Å². The molecule has 184 valence electrons. The van der Waals surface area contributed by atoms with E-state index < -0.39 is 11.6 Å². The first-order chi connectivity index (χ1) is 17.0. The molecule has 0 bridgehead atoms. The Morgan fingerprint density at radius 3 is 2.69 bits per heavy atom. The Balaban J connectivity index is 1.32. The molecule has 1 N–H and O–H groups in total. The molecule has 1 fully saturated rings. The lowest BCUT2D eigenvalue weighted by Gasteiger charge is -2.32. The van der Waals surface area contributed by atoms with Gasteiger partial charge in [-0.15, -0.1) is 0 Å². The summed E-state index contributed by atoms with van der Waals surface area (Å²) in [5.74, 6) is -0.624. The van der Waals surface area contributed by atoms with E-state index >= 15 is 0 Å². The normalized spacial score (nSPS) is 15.4. The average Bonchev–Trinajstić information content (AvgIpc) is 2.90. The second-order valence-corrected chi connectivity index (χ2v) is 8.51. The van der Waals surface area contributed by atoms with E-state index in [1.165, 1.54) is 0 Å². The molecule has 1 aliphatic rings. The van der Waals surface area contributed by atoms with Crippen molar-refractivity contribution in [3.63, 3.8) is 0 Å². The molecule has 3 aromatic rings. The highest BCUT2D eigenvalue weighted by atomic mass is 19.1. The fourth-order valence-corrected chi connectivity index (χ4v) is 4.25. The van der Waals surface area contributed by atoms with E-state index in [-0.39, 0.29) is 30.2 Å². The Bertz CT molecular complexity index is 1120. The number of piperidine rings is 1. The summed E-state index contributed by atoms with van der Waals surface area (Å²) in [6.45, 7) is 2.26. The van der Waals surface area contributed by atoms with Crippen LogP contribution in [0, 0.1) is 17.6 Å². The minimum Gasteiger partial charge on any atom is -0.497 e. The van der Waals surface area contributed by atoms with Gasteiger partial charge < -0.3 is 14.8 Å². The van der Waals surface area contributed by atoms with Crippen LogP contribution >= 0.6 is 0 Å². The van der Waals surface area contributed by atoms with Gasteiger partial charge in [-0.1, -0.05) is 18.2 Å². The van der Waals surface area contributed by atoms with Crippen molar-refractivity contribution >= 4 is 5.91 Å². The van der Waals surface area contributed by atoms with Gasteiger partial charge in [0.25, 0.3) is 0 Å². The third-order valence-electron chi connectivity index (χ3n) is 6.21. The molecule has 4 rings (SSSR count). The van der Waals surface area contributed by atoms with Crippen LogP contribution in [0.15, 0.2) is 66.9 Å². The van der Waals surface area contributed by atoms with Gasteiger partial charge in [-0.25, -0.2) is 8.78 Å². The molecule has 8 heteroatoms. The number of methoxy groups -OCH3 is 1. The zero-order valence-corrected chi connectivity index (χ0v) is 19.6. The van der Waals surface area contributed by atoms with E-state index in [0.29, 0.717) is 25.1 Å². The number of amides is 1. The third kappa shape index (κ3) is 6.54. The summed E-state index contributed by atoms with van der Waals surface area (Å²) >= 11 is 0. The number of hydrogen-bond donors (Lipinski definition) is 1. The van der Waals surface area contributed by atoms with Gasteiger partial charge in [-0.3, -0.25) is 14.7 Å². The molecule has 1 aliphatic heterocycles. The number of benzene rings is 2. The van der Waals surface area contributed by atoms with Crippen LogP contribution in [0.3, 0.4) is 0 Å². The fraction of sp³-hybridized carbons (Fsp3) is 0.333. The van der Waals surface area contributed by atoms with Crippen molar-refractivity contribution < 1.29 is 23.0 Å². The number of nitrogens with zero attached hydrogens (tertiary/aromatic N) is 2. The second kappa shape index (κ2) is 11.8. The SMILES string of the molecule is COc1cccc([C@H](NC(=O)C2CCN(CCOc3cc(F)ccc3F)CC2)c2ccccn2)c1. The predicted octanol–water partition coefficient (Wildman–Crippen LogP) is 4.37. The molecule has 2 aromatic carbocycles. The fourth-order valence-electron chi connectivity index (χ4n) is 4.25. The van der Waals surface area contributed by atoms with Crippen LogP contribution in [-0.4, -0.2) is 49.1 Å². The maximum Gasteiger partial charge on any atom is 0.224 e. The lowest BCUT2D eigenvalue weighted by molar-refractivity contribution is -0.127. The zero-order valence-electron chi connectivity index (χ0n) is 19.6. The predicted molar refractivity (Wildman–Crippen MR) is 128 cm³/mol. The maximum absolute atomic E-state index is 13.7. The van der Waals surface area contributed by atoms with Crippen molar-refractivity contribution in [1.29, 1.82) is 0 Å². The lowest BCUT2D eigenvalue weighted by Crippen LogP contribution is -2.43. The number of rotatable bonds is 9. The van der Waals surface area contributed by atoms with E-state index in [0.717, 1.165) is 42.5 Å². The minimum atomic E-state index is -0.583. The van der Waals surface area contributed by atoms with Gasteiger partial charge in [0.2, 0.25) is 5.91 Å². The van der Waals surface area contributed by atoms with Crippen molar-refractivity contribution in [2.75, 3.05) is 33.4 Å². The Hall–Kier alpha value is -3.52. The van der Waals surface area contributed by atoms with Gasteiger partial charge >= 0.3 is 0 Å². The van der Waals surface area contributed by atoms with Crippen LogP contribution < -0.4 is 14.8 Å². The molecule has 1 saturated heterocycles. The van der Waals surface area contributed by atoms with Gasteiger partial charge in [0, 0.05) is 24.7 Å². The van der Waals surface area contributed by atoms with Crippen molar-refractivity contribution in [3.05, 3.63) is 89.8 Å². The molecular formula is C27H29F2N3O3. The van der Waals surface area contributed by atoms with Gasteiger partial charge in [0.05, 0.1) is 18.8 Å². The molecular weight excluding hydrogens is 452 g/mol. The smallest absolute Gasteiger partial charge is 0.224 e. The quantitative estimate of drug-likeness (QED) is 0.492. The highest BCUT2D eigenvalue weighted by molar-refractivity contribution is 5.79.